The van der Waals surface area contributed by atoms with Gasteiger partial charge in [-0.3, -0.25) is 15.0 Å². The number of carbonyl (C=O) groups excluding carboxylic acids is 2. The number of fused-ring (bicyclic) bond motifs is 1. The van der Waals surface area contributed by atoms with E-state index in [2.05, 4.69) is 26.1 Å². The molecule has 1 aliphatic rings. The summed E-state index contributed by atoms with van der Waals surface area (Å²) in [5.41, 5.74) is 3.77. The number of nitrogens with zero attached hydrogens (tertiary/aromatic N) is 1. The van der Waals surface area contributed by atoms with Gasteiger partial charge in [0.1, 0.15) is 11.6 Å². The molecule has 0 fully saturated rings. The van der Waals surface area contributed by atoms with Crippen molar-refractivity contribution in [2.45, 2.75) is 39.7 Å². The number of halogens is 1. The fourth-order valence-electron chi connectivity index (χ4n) is 3.57. The standard InChI is InChI=1S/C24H29N3O3.BrH/c1-6-30-21-11-16-13-27(22(25)18(16)12-19(21)23(29)26-5)14-20(28)15-7-9-17(10-8-15)24(2,3)4;/h7-12,25H,6,13-14H2,1-5H3,(H,26,29);1H. The van der Waals surface area contributed by atoms with Crippen molar-refractivity contribution < 1.29 is 14.3 Å². The van der Waals surface area contributed by atoms with Gasteiger partial charge >= 0.3 is 0 Å². The van der Waals surface area contributed by atoms with Crippen LogP contribution in [0.1, 0.15) is 65.1 Å². The molecule has 0 spiro atoms. The first-order chi connectivity index (χ1) is 14.2. The maximum Gasteiger partial charge on any atom is 0.254 e. The van der Waals surface area contributed by atoms with Gasteiger partial charge in [0.2, 0.25) is 0 Å². The molecule has 31 heavy (non-hydrogen) atoms. The molecule has 166 valence electrons. The molecule has 0 saturated heterocycles. The Labute approximate surface area is 194 Å². The van der Waals surface area contributed by atoms with E-state index in [1.807, 2.05) is 31.2 Å². The number of benzene rings is 2. The summed E-state index contributed by atoms with van der Waals surface area (Å²) >= 11 is 0. The van der Waals surface area contributed by atoms with Crippen LogP contribution in [-0.4, -0.2) is 42.6 Å². The van der Waals surface area contributed by atoms with Crippen molar-refractivity contribution in [3.63, 3.8) is 0 Å². The third-order valence-corrected chi connectivity index (χ3v) is 5.32. The van der Waals surface area contributed by atoms with Crippen molar-refractivity contribution in [2.75, 3.05) is 20.2 Å². The monoisotopic (exact) mass is 487 g/mol. The van der Waals surface area contributed by atoms with Crippen LogP contribution in [0.5, 0.6) is 5.75 Å². The molecule has 0 aromatic heterocycles. The summed E-state index contributed by atoms with van der Waals surface area (Å²) in [7, 11) is 1.56. The molecule has 0 atom stereocenters. The maximum absolute atomic E-state index is 12.8. The first-order valence-electron chi connectivity index (χ1n) is 10.1. The molecule has 0 aliphatic carbocycles. The van der Waals surface area contributed by atoms with Crippen LogP contribution in [0, 0.1) is 5.41 Å². The minimum absolute atomic E-state index is 0. The lowest BCUT2D eigenvalue weighted by molar-refractivity contribution is 0.0953. The number of carbonyl (C=O) groups is 2. The van der Waals surface area contributed by atoms with Crippen molar-refractivity contribution in [2.24, 2.45) is 0 Å². The van der Waals surface area contributed by atoms with Crippen LogP contribution < -0.4 is 10.1 Å². The minimum Gasteiger partial charge on any atom is -0.493 e. The molecule has 0 saturated carbocycles. The number of hydrogen-bond acceptors (Lipinski definition) is 4. The third-order valence-electron chi connectivity index (χ3n) is 5.32. The average Bonchev–Trinajstić information content (AvgIpc) is 3.01. The second kappa shape index (κ2) is 9.64. The highest BCUT2D eigenvalue weighted by molar-refractivity contribution is 8.93. The second-order valence-corrected chi connectivity index (χ2v) is 8.47. The van der Waals surface area contributed by atoms with E-state index in [1.165, 1.54) is 5.56 Å². The molecule has 0 unspecified atom stereocenters. The number of amides is 1. The summed E-state index contributed by atoms with van der Waals surface area (Å²) in [6, 6.07) is 11.2. The zero-order chi connectivity index (χ0) is 22.1. The number of Topliss-reactive ketones (excluding diaryl/α,β-unsaturated/α-hetero) is 1. The molecule has 7 heteroatoms. The van der Waals surface area contributed by atoms with E-state index in [0.29, 0.717) is 35.6 Å². The van der Waals surface area contributed by atoms with Crippen molar-refractivity contribution in [3.8, 4) is 5.75 Å². The Bertz CT molecular complexity index is 994. The van der Waals surface area contributed by atoms with Gasteiger partial charge in [-0.15, -0.1) is 17.0 Å². The predicted octanol–water partition coefficient (Wildman–Crippen LogP) is 4.34. The van der Waals surface area contributed by atoms with Crippen molar-refractivity contribution in [1.29, 1.82) is 5.41 Å². The van der Waals surface area contributed by atoms with E-state index in [1.54, 1.807) is 24.1 Å². The van der Waals surface area contributed by atoms with Crippen LogP contribution in [0.25, 0.3) is 0 Å². The number of ketones is 1. The minimum atomic E-state index is -0.262. The molecule has 0 radical (unpaired) electrons. The maximum atomic E-state index is 12.8. The highest BCUT2D eigenvalue weighted by Gasteiger charge is 2.29. The molecule has 1 aliphatic heterocycles. The van der Waals surface area contributed by atoms with Gasteiger partial charge in [-0.25, -0.2) is 0 Å². The Morgan fingerprint density at radius 3 is 2.35 bits per heavy atom. The van der Waals surface area contributed by atoms with E-state index in [4.69, 9.17) is 10.1 Å². The van der Waals surface area contributed by atoms with Crippen LogP contribution in [0.3, 0.4) is 0 Å². The van der Waals surface area contributed by atoms with E-state index < -0.39 is 0 Å². The molecular weight excluding hydrogens is 458 g/mol. The topological polar surface area (TPSA) is 82.5 Å². The van der Waals surface area contributed by atoms with Crippen LogP contribution in [0.2, 0.25) is 0 Å². The lowest BCUT2D eigenvalue weighted by Crippen LogP contribution is -2.30. The third kappa shape index (κ3) is 5.15. The number of hydrogen-bond donors (Lipinski definition) is 2. The molecule has 3 rings (SSSR count). The lowest BCUT2D eigenvalue weighted by atomic mass is 9.86. The summed E-state index contributed by atoms with van der Waals surface area (Å²) in [6.07, 6.45) is 0. The largest absolute Gasteiger partial charge is 0.493 e. The van der Waals surface area contributed by atoms with Crippen LogP contribution in [0.4, 0.5) is 0 Å². The number of rotatable bonds is 6. The highest BCUT2D eigenvalue weighted by Crippen LogP contribution is 2.31. The highest BCUT2D eigenvalue weighted by atomic mass is 79.9. The molecule has 2 aromatic rings. The molecule has 1 heterocycles. The zero-order valence-corrected chi connectivity index (χ0v) is 20.4. The van der Waals surface area contributed by atoms with Gasteiger partial charge in [-0.1, -0.05) is 45.0 Å². The first-order valence-corrected chi connectivity index (χ1v) is 10.1. The van der Waals surface area contributed by atoms with Gasteiger partial charge in [0.25, 0.3) is 5.91 Å². The van der Waals surface area contributed by atoms with E-state index in [9.17, 15) is 9.59 Å². The summed E-state index contributed by atoms with van der Waals surface area (Å²) < 4.78 is 5.63. The van der Waals surface area contributed by atoms with Gasteiger partial charge in [0.15, 0.2) is 5.78 Å². The first kappa shape index (κ1) is 24.6. The summed E-state index contributed by atoms with van der Waals surface area (Å²) in [5.74, 6) is 0.444. The van der Waals surface area contributed by atoms with E-state index >= 15 is 0 Å². The van der Waals surface area contributed by atoms with Gasteiger partial charge in [-0.05, 0) is 35.6 Å². The summed E-state index contributed by atoms with van der Waals surface area (Å²) in [4.78, 5) is 26.8. The summed E-state index contributed by atoms with van der Waals surface area (Å²) in [6.45, 7) is 9.25. The van der Waals surface area contributed by atoms with Gasteiger partial charge in [0.05, 0.1) is 18.7 Å². The van der Waals surface area contributed by atoms with Crippen LogP contribution >= 0.6 is 17.0 Å². The van der Waals surface area contributed by atoms with Crippen LogP contribution in [-0.2, 0) is 12.0 Å². The quantitative estimate of drug-likeness (QED) is 0.593. The Kier molecular flexibility index (Phi) is 7.65. The van der Waals surface area contributed by atoms with Crippen molar-refractivity contribution in [1.82, 2.24) is 10.2 Å². The molecule has 2 N–H and O–H groups in total. The molecular formula is C24H30BrN3O3. The fourth-order valence-corrected chi connectivity index (χ4v) is 3.57. The number of ether oxygens (including phenoxy) is 1. The van der Waals surface area contributed by atoms with Crippen LogP contribution in [0.15, 0.2) is 36.4 Å². The zero-order valence-electron chi connectivity index (χ0n) is 18.7. The Balaban J connectivity index is 0.00000341. The van der Waals surface area contributed by atoms with Gasteiger partial charge < -0.3 is 15.0 Å². The van der Waals surface area contributed by atoms with Gasteiger partial charge in [-0.2, -0.15) is 0 Å². The Morgan fingerprint density at radius 2 is 1.81 bits per heavy atom. The normalized spacial score (nSPS) is 12.8. The van der Waals surface area contributed by atoms with Crippen molar-refractivity contribution >= 4 is 34.5 Å². The molecule has 0 bridgehead atoms. The fraction of sp³-hybridized carbons (Fsp3) is 0.375. The lowest BCUT2D eigenvalue weighted by Gasteiger charge is -2.20. The predicted molar refractivity (Wildman–Crippen MR) is 128 cm³/mol. The molecule has 6 nitrogen and oxygen atoms in total. The smallest absolute Gasteiger partial charge is 0.254 e. The number of nitrogens with one attached hydrogen (secondary N) is 2. The van der Waals surface area contributed by atoms with Gasteiger partial charge in [0, 0.05) is 24.7 Å². The van der Waals surface area contributed by atoms with Crippen molar-refractivity contribution in [3.05, 3.63) is 64.2 Å². The molecule has 1 amide bonds. The SMILES string of the molecule is Br.CCOc1cc2c(cc1C(=O)NC)C(=N)N(CC(=O)c1ccc(C(C)(C)C)cc1)C2. The Hall–Kier alpha value is -2.67. The van der Waals surface area contributed by atoms with E-state index in [0.717, 1.165) is 5.56 Å². The average molecular weight is 488 g/mol. The second-order valence-electron chi connectivity index (χ2n) is 8.47. The Morgan fingerprint density at radius 1 is 1.16 bits per heavy atom. The molecule has 2 aromatic carbocycles. The van der Waals surface area contributed by atoms with E-state index in [-0.39, 0.29) is 46.5 Å². The summed E-state index contributed by atoms with van der Waals surface area (Å²) in [5, 5.41) is 11.1. The number of amidine groups is 1.